The summed E-state index contributed by atoms with van der Waals surface area (Å²) in [6.07, 6.45) is 0. The first-order valence-corrected chi connectivity index (χ1v) is 7.95. The van der Waals surface area contributed by atoms with Crippen LogP contribution in [0.2, 0.25) is 5.02 Å². The molecule has 1 amide bonds. The summed E-state index contributed by atoms with van der Waals surface area (Å²) < 4.78 is 6.34. The highest BCUT2D eigenvalue weighted by molar-refractivity contribution is 7.22. The number of hydrogen-bond acceptors (Lipinski definition) is 4. The van der Waals surface area contributed by atoms with Gasteiger partial charge in [0.1, 0.15) is 5.75 Å². The molecule has 0 radical (unpaired) electrons. The minimum atomic E-state index is -0.216. The van der Waals surface area contributed by atoms with Crippen molar-refractivity contribution in [2.75, 3.05) is 11.9 Å². The molecule has 1 aromatic heterocycles. The number of hydrogen-bond donors (Lipinski definition) is 1. The van der Waals surface area contributed by atoms with Gasteiger partial charge in [0.25, 0.3) is 5.91 Å². The average Bonchev–Trinajstić information content (AvgIpc) is 2.89. The summed E-state index contributed by atoms with van der Waals surface area (Å²) in [6, 6.07) is 12.5. The first-order valence-electron chi connectivity index (χ1n) is 6.76. The lowest BCUT2D eigenvalue weighted by molar-refractivity contribution is 0.102. The Morgan fingerprint density at radius 2 is 2.18 bits per heavy atom. The molecule has 0 spiro atoms. The molecule has 4 nitrogen and oxygen atoms in total. The second-order valence-corrected chi connectivity index (χ2v) is 6.01. The number of rotatable bonds is 4. The van der Waals surface area contributed by atoms with Crippen molar-refractivity contribution in [3.63, 3.8) is 0 Å². The Bertz CT molecular complexity index is 832. The van der Waals surface area contributed by atoms with Crippen molar-refractivity contribution in [3.05, 3.63) is 53.1 Å². The summed E-state index contributed by atoms with van der Waals surface area (Å²) in [5, 5.41) is 4.00. The van der Waals surface area contributed by atoms with Crippen LogP contribution >= 0.6 is 22.9 Å². The van der Waals surface area contributed by atoms with Gasteiger partial charge in [-0.3, -0.25) is 10.1 Å². The summed E-state index contributed by atoms with van der Waals surface area (Å²) in [5.74, 6) is 0.456. The molecule has 0 aliphatic heterocycles. The fourth-order valence-electron chi connectivity index (χ4n) is 2.01. The molecule has 0 bridgehead atoms. The van der Waals surface area contributed by atoms with Crippen molar-refractivity contribution in [2.24, 2.45) is 0 Å². The van der Waals surface area contributed by atoms with Crippen LogP contribution in [0.25, 0.3) is 10.2 Å². The minimum Gasteiger partial charge on any atom is -0.494 e. The van der Waals surface area contributed by atoms with Crippen molar-refractivity contribution >= 4 is 44.2 Å². The predicted molar refractivity (Wildman–Crippen MR) is 90.2 cm³/mol. The molecule has 0 saturated carbocycles. The van der Waals surface area contributed by atoms with Crippen molar-refractivity contribution in [1.29, 1.82) is 0 Å². The molecule has 1 heterocycles. The van der Waals surface area contributed by atoms with Crippen LogP contribution in [-0.2, 0) is 0 Å². The van der Waals surface area contributed by atoms with Crippen LogP contribution in [0, 0.1) is 0 Å². The first kappa shape index (κ1) is 14.8. The van der Waals surface area contributed by atoms with Crippen molar-refractivity contribution in [1.82, 2.24) is 4.98 Å². The van der Waals surface area contributed by atoms with Crippen molar-refractivity contribution < 1.29 is 9.53 Å². The number of amides is 1. The smallest absolute Gasteiger partial charge is 0.257 e. The number of aromatic nitrogens is 1. The number of carbonyl (C=O) groups excluding carboxylic acids is 1. The standard InChI is InChI=1S/C16H13ClN2O2S/c1-2-21-12-5-3-4-10(8-12)15(20)19-16-18-13-7-6-11(17)9-14(13)22-16/h3-9H,2H2,1H3,(H,18,19,20). The van der Waals surface area contributed by atoms with Gasteiger partial charge >= 0.3 is 0 Å². The largest absolute Gasteiger partial charge is 0.494 e. The Labute approximate surface area is 136 Å². The normalized spacial score (nSPS) is 10.6. The number of benzene rings is 2. The van der Waals surface area contributed by atoms with Crippen LogP contribution in [0.15, 0.2) is 42.5 Å². The predicted octanol–water partition coefficient (Wildman–Crippen LogP) is 4.60. The number of thiazole rings is 1. The SMILES string of the molecule is CCOc1cccc(C(=O)Nc2nc3ccc(Cl)cc3s2)c1. The van der Waals surface area contributed by atoms with Crippen LogP contribution in [-0.4, -0.2) is 17.5 Å². The molecule has 0 saturated heterocycles. The van der Waals surface area contributed by atoms with E-state index in [-0.39, 0.29) is 5.91 Å². The highest BCUT2D eigenvalue weighted by Gasteiger charge is 2.11. The molecule has 1 N–H and O–H groups in total. The number of anilines is 1. The van der Waals surface area contributed by atoms with Gasteiger partial charge in [-0.15, -0.1) is 0 Å². The summed E-state index contributed by atoms with van der Waals surface area (Å²) in [7, 11) is 0. The zero-order valence-electron chi connectivity index (χ0n) is 11.8. The zero-order valence-corrected chi connectivity index (χ0v) is 13.4. The van der Waals surface area contributed by atoms with Crippen molar-refractivity contribution in [2.45, 2.75) is 6.92 Å². The highest BCUT2D eigenvalue weighted by atomic mass is 35.5. The van der Waals surface area contributed by atoms with E-state index in [1.807, 2.05) is 25.1 Å². The lowest BCUT2D eigenvalue weighted by Crippen LogP contribution is -2.11. The molecule has 0 unspecified atom stereocenters. The summed E-state index contributed by atoms with van der Waals surface area (Å²) in [6.45, 7) is 2.46. The molecule has 3 aromatic rings. The van der Waals surface area contributed by atoms with Gasteiger partial charge in [-0.1, -0.05) is 29.0 Å². The number of ether oxygens (including phenoxy) is 1. The van der Waals surface area contributed by atoms with E-state index in [1.54, 1.807) is 24.3 Å². The van der Waals surface area contributed by atoms with Gasteiger partial charge in [0.15, 0.2) is 5.13 Å². The molecule has 0 atom stereocenters. The fraction of sp³-hybridized carbons (Fsp3) is 0.125. The summed E-state index contributed by atoms with van der Waals surface area (Å²) in [5.41, 5.74) is 1.34. The third kappa shape index (κ3) is 3.21. The van der Waals surface area contributed by atoms with Gasteiger partial charge in [-0.25, -0.2) is 4.98 Å². The van der Waals surface area contributed by atoms with E-state index in [9.17, 15) is 4.79 Å². The minimum absolute atomic E-state index is 0.216. The van der Waals surface area contributed by atoms with E-state index < -0.39 is 0 Å². The van der Waals surface area contributed by atoms with Crippen LogP contribution < -0.4 is 10.1 Å². The van der Waals surface area contributed by atoms with Gasteiger partial charge in [-0.05, 0) is 43.3 Å². The van der Waals surface area contributed by atoms with E-state index in [0.717, 1.165) is 10.2 Å². The summed E-state index contributed by atoms with van der Waals surface area (Å²) >= 11 is 7.34. The molecule has 3 rings (SSSR count). The van der Waals surface area contributed by atoms with Gasteiger partial charge in [0.05, 0.1) is 16.8 Å². The van der Waals surface area contributed by atoms with Gasteiger partial charge in [-0.2, -0.15) is 0 Å². The topological polar surface area (TPSA) is 51.2 Å². The Morgan fingerprint density at radius 3 is 3.00 bits per heavy atom. The highest BCUT2D eigenvalue weighted by Crippen LogP contribution is 2.28. The van der Waals surface area contributed by atoms with E-state index >= 15 is 0 Å². The Kier molecular flexibility index (Phi) is 4.27. The lowest BCUT2D eigenvalue weighted by atomic mass is 10.2. The van der Waals surface area contributed by atoms with Gasteiger partial charge < -0.3 is 4.74 Å². The van der Waals surface area contributed by atoms with E-state index in [2.05, 4.69) is 10.3 Å². The maximum Gasteiger partial charge on any atom is 0.257 e. The third-order valence-electron chi connectivity index (χ3n) is 2.98. The first-order chi connectivity index (χ1) is 10.7. The van der Waals surface area contributed by atoms with Crippen LogP contribution in [0.5, 0.6) is 5.75 Å². The van der Waals surface area contributed by atoms with E-state index in [0.29, 0.717) is 28.1 Å². The molecular formula is C16H13ClN2O2S. The quantitative estimate of drug-likeness (QED) is 0.759. The second kappa shape index (κ2) is 6.34. The Balaban J connectivity index is 1.81. The molecule has 2 aromatic carbocycles. The molecule has 112 valence electrons. The van der Waals surface area contributed by atoms with E-state index in [1.165, 1.54) is 11.3 Å². The number of halogens is 1. The average molecular weight is 333 g/mol. The summed E-state index contributed by atoms with van der Waals surface area (Å²) in [4.78, 5) is 16.7. The molecule has 6 heteroatoms. The Hall–Kier alpha value is -2.11. The second-order valence-electron chi connectivity index (χ2n) is 4.55. The Morgan fingerprint density at radius 1 is 1.32 bits per heavy atom. The molecule has 0 fully saturated rings. The van der Waals surface area contributed by atoms with Crippen LogP contribution in [0.3, 0.4) is 0 Å². The number of nitrogens with one attached hydrogen (secondary N) is 1. The monoisotopic (exact) mass is 332 g/mol. The maximum atomic E-state index is 12.3. The van der Waals surface area contributed by atoms with Crippen LogP contribution in [0.1, 0.15) is 17.3 Å². The molecule has 0 aliphatic carbocycles. The van der Waals surface area contributed by atoms with E-state index in [4.69, 9.17) is 16.3 Å². The third-order valence-corrected chi connectivity index (χ3v) is 4.15. The number of nitrogens with zero attached hydrogens (tertiary/aromatic N) is 1. The molecule has 22 heavy (non-hydrogen) atoms. The van der Waals surface area contributed by atoms with Gasteiger partial charge in [0, 0.05) is 10.6 Å². The lowest BCUT2D eigenvalue weighted by Gasteiger charge is -2.05. The fourth-order valence-corrected chi connectivity index (χ4v) is 3.15. The zero-order chi connectivity index (χ0) is 15.5. The molecular weight excluding hydrogens is 320 g/mol. The van der Waals surface area contributed by atoms with Crippen molar-refractivity contribution in [3.8, 4) is 5.75 Å². The van der Waals surface area contributed by atoms with Crippen LogP contribution in [0.4, 0.5) is 5.13 Å². The maximum absolute atomic E-state index is 12.3. The number of carbonyl (C=O) groups is 1. The molecule has 0 aliphatic rings. The number of fused-ring (bicyclic) bond motifs is 1. The van der Waals surface area contributed by atoms with Gasteiger partial charge in [0.2, 0.25) is 0 Å².